The van der Waals surface area contributed by atoms with E-state index in [0.29, 0.717) is 11.6 Å². The lowest BCUT2D eigenvalue weighted by Crippen LogP contribution is -2.18. The van der Waals surface area contributed by atoms with Crippen LogP contribution in [0.25, 0.3) is 0 Å². The zero-order valence-electron chi connectivity index (χ0n) is 11.0. The largest absolute Gasteiger partial charge is 0.306 e. The van der Waals surface area contributed by atoms with Gasteiger partial charge in [0.2, 0.25) is 0 Å². The van der Waals surface area contributed by atoms with Gasteiger partial charge in [-0.2, -0.15) is 0 Å². The SMILES string of the molecule is CC(NCc1cccc([N+](=O)[O-])c1)c1ccccc1Cl. The predicted molar refractivity (Wildman–Crippen MR) is 79.8 cm³/mol. The van der Waals surface area contributed by atoms with Gasteiger partial charge in [0.1, 0.15) is 0 Å². The Balaban J connectivity index is 2.04. The molecule has 104 valence electrons. The first-order chi connectivity index (χ1) is 9.58. The second kappa shape index (κ2) is 6.50. The summed E-state index contributed by atoms with van der Waals surface area (Å²) in [6, 6.07) is 14.3. The lowest BCUT2D eigenvalue weighted by atomic mass is 10.1. The van der Waals surface area contributed by atoms with Gasteiger partial charge < -0.3 is 5.32 Å². The summed E-state index contributed by atoms with van der Waals surface area (Å²) in [4.78, 5) is 10.3. The molecule has 0 spiro atoms. The van der Waals surface area contributed by atoms with Crippen LogP contribution in [0.4, 0.5) is 5.69 Å². The van der Waals surface area contributed by atoms with Crippen molar-refractivity contribution in [1.82, 2.24) is 5.32 Å². The number of nitrogens with zero attached hydrogens (tertiary/aromatic N) is 1. The molecule has 5 heteroatoms. The van der Waals surface area contributed by atoms with Crippen LogP contribution in [0.3, 0.4) is 0 Å². The van der Waals surface area contributed by atoms with Gasteiger partial charge >= 0.3 is 0 Å². The monoisotopic (exact) mass is 290 g/mol. The molecule has 1 N–H and O–H groups in total. The van der Waals surface area contributed by atoms with Crippen molar-refractivity contribution in [2.75, 3.05) is 0 Å². The Kier molecular flexibility index (Phi) is 4.71. The third-order valence-electron chi connectivity index (χ3n) is 3.11. The molecule has 0 saturated carbocycles. The van der Waals surface area contributed by atoms with E-state index in [-0.39, 0.29) is 16.7 Å². The second-order valence-corrected chi connectivity index (χ2v) is 4.96. The molecular weight excluding hydrogens is 276 g/mol. The lowest BCUT2D eigenvalue weighted by molar-refractivity contribution is -0.384. The predicted octanol–water partition coefficient (Wildman–Crippen LogP) is 4.10. The van der Waals surface area contributed by atoms with Gasteiger partial charge in [-0.05, 0) is 24.1 Å². The number of nitro benzene ring substituents is 1. The van der Waals surface area contributed by atoms with E-state index in [0.717, 1.165) is 11.1 Å². The third-order valence-corrected chi connectivity index (χ3v) is 3.45. The molecule has 0 aliphatic rings. The topological polar surface area (TPSA) is 55.2 Å². The van der Waals surface area contributed by atoms with E-state index in [2.05, 4.69) is 5.32 Å². The quantitative estimate of drug-likeness (QED) is 0.666. The number of nitrogens with one attached hydrogen (secondary N) is 1. The highest BCUT2D eigenvalue weighted by Gasteiger charge is 2.10. The summed E-state index contributed by atoms with van der Waals surface area (Å²) >= 11 is 6.14. The highest BCUT2D eigenvalue weighted by atomic mass is 35.5. The fraction of sp³-hybridized carbons (Fsp3) is 0.200. The molecule has 2 aromatic carbocycles. The molecule has 0 fully saturated rings. The minimum absolute atomic E-state index is 0.0722. The molecule has 0 heterocycles. The molecule has 0 saturated heterocycles. The maximum atomic E-state index is 10.7. The van der Waals surface area contributed by atoms with Crippen LogP contribution in [0.1, 0.15) is 24.1 Å². The van der Waals surface area contributed by atoms with Gasteiger partial charge in [0, 0.05) is 29.7 Å². The summed E-state index contributed by atoms with van der Waals surface area (Å²) in [6.07, 6.45) is 0. The Labute approximate surface area is 122 Å². The Bertz CT molecular complexity index is 616. The number of rotatable bonds is 5. The van der Waals surface area contributed by atoms with Crippen molar-refractivity contribution in [2.24, 2.45) is 0 Å². The zero-order chi connectivity index (χ0) is 14.5. The Morgan fingerprint density at radius 3 is 2.70 bits per heavy atom. The molecule has 0 bridgehead atoms. The Morgan fingerprint density at radius 2 is 2.00 bits per heavy atom. The second-order valence-electron chi connectivity index (χ2n) is 4.55. The molecule has 4 nitrogen and oxygen atoms in total. The van der Waals surface area contributed by atoms with E-state index in [9.17, 15) is 10.1 Å². The Hall–Kier alpha value is -1.91. The summed E-state index contributed by atoms with van der Waals surface area (Å²) in [5.74, 6) is 0. The van der Waals surface area contributed by atoms with E-state index < -0.39 is 0 Å². The van der Waals surface area contributed by atoms with Gasteiger partial charge in [-0.3, -0.25) is 10.1 Å². The number of halogens is 1. The molecule has 1 unspecified atom stereocenters. The normalized spacial score (nSPS) is 12.1. The standard InChI is InChI=1S/C15H15ClN2O2/c1-11(14-7-2-3-8-15(14)16)17-10-12-5-4-6-13(9-12)18(19)20/h2-9,11,17H,10H2,1H3. The molecule has 2 aromatic rings. The van der Waals surface area contributed by atoms with Gasteiger partial charge in [-0.15, -0.1) is 0 Å². The first-order valence-corrected chi connectivity index (χ1v) is 6.67. The molecular formula is C15H15ClN2O2. The maximum Gasteiger partial charge on any atom is 0.269 e. The smallest absolute Gasteiger partial charge is 0.269 e. The van der Waals surface area contributed by atoms with E-state index in [4.69, 9.17) is 11.6 Å². The summed E-state index contributed by atoms with van der Waals surface area (Å²) in [7, 11) is 0. The van der Waals surface area contributed by atoms with Crippen LogP contribution >= 0.6 is 11.6 Å². The van der Waals surface area contributed by atoms with Crippen molar-refractivity contribution in [3.05, 3.63) is 74.8 Å². The summed E-state index contributed by atoms with van der Waals surface area (Å²) < 4.78 is 0. The van der Waals surface area contributed by atoms with Gasteiger partial charge in [-0.25, -0.2) is 0 Å². The summed E-state index contributed by atoms with van der Waals surface area (Å²) in [6.45, 7) is 2.56. The minimum Gasteiger partial charge on any atom is -0.306 e. The summed E-state index contributed by atoms with van der Waals surface area (Å²) in [5, 5.41) is 14.8. The van der Waals surface area contributed by atoms with Crippen molar-refractivity contribution >= 4 is 17.3 Å². The van der Waals surface area contributed by atoms with E-state index in [1.54, 1.807) is 12.1 Å². The lowest BCUT2D eigenvalue weighted by Gasteiger charge is -2.15. The van der Waals surface area contributed by atoms with Crippen molar-refractivity contribution < 1.29 is 4.92 Å². The molecule has 0 radical (unpaired) electrons. The van der Waals surface area contributed by atoms with Crippen LogP contribution in [-0.2, 0) is 6.54 Å². The zero-order valence-corrected chi connectivity index (χ0v) is 11.8. The van der Waals surface area contributed by atoms with Gasteiger partial charge in [0.15, 0.2) is 0 Å². The number of hydrogen-bond donors (Lipinski definition) is 1. The number of non-ortho nitro benzene ring substituents is 1. The van der Waals surface area contributed by atoms with Crippen LogP contribution in [0, 0.1) is 10.1 Å². The van der Waals surface area contributed by atoms with Crippen LogP contribution in [-0.4, -0.2) is 4.92 Å². The fourth-order valence-electron chi connectivity index (χ4n) is 1.99. The van der Waals surface area contributed by atoms with E-state index in [1.807, 2.05) is 37.3 Å². The average Bonchev–Trinajstić information content (AvgIpc) is 2.45. The van der Waals surface area contributed by atoms with Gasteiger partial charge in [-0.1, -0.05) is 41.9 Å². The number of benzene rings is 2. The molecule has 0 aliphatic carbocycles. The van der Waals surface area contributed by atoms with Gasteiger partial charge in [0.05, 0.1) is 4.92 Å². The van der Waals surface area contributed by atoms with Crippen molar-refractivity contribution in [3.8, 4) is 0 Å². The van der Waals surface area contributed by atoms with Crippen molar-refractivity contribution in [1.29, 1.82) is 0 Å². The van der Waals surface area contributed by atoms with Crippen LogP contribution < -0.4 is 5.32 Å². The molecule has 2 rings (SSSR count). The molecule has 0 aromatic heterocycles. The first kappa shape index (κ1) is 14.5. The molecule has 0 aliphatic heterocycles. The van der Waals surface area contributed by atoms with Crippen LogP contribution in [0.2, 0.25) is 5.02 Å². The van der Waals surface area contributed by atoms with E-state index in [1.165, 1.54) is 6.07 Å². The van der Waals surface area contributed by atoms with Crippen molar-refractivity contribution in [3.63, 3.8) is 0 Å². The number of nitro groups is 1. The number of hydrogen-bond acceptors (Lipinski definition) is 3. The van der Waals surface area contributed by atoms with Gasteiger partial charge in [0.25, 0.3) is 5.69 Å². The van der Waals surface area contributed by atoms with Crippen LogP contribution in [0.5, 0.6) is 0 Å². The van der Waals surface area contributed by atoms with Crippen molar-refractivity contribution in [2.45, 2.75) is 19.5 Å². The fourth-order valence-corrected chi connectivity index (χ4v) is 2.29. The minimum atomic E-state index is -0.388. The highest BCUT2D eigenvalue weighted by molar-refractivity contribution is 6.31. The molecule has 1 atom stereocenters. The third kappa shape index (κ3) is 3.56. The molecule has 0 amide bonds. The van der Waals surface area contributed by atoms with Crippen LogP contribution in [0.15, 0.2) is 48.5 Å². The summed E-state index contributed by atoms with van der Waals surface area (Å²) in [5.41, 5.74) is 1.99. The highest BCUT2D eigenvalue weighted by Crippen LogP contribution is 2.22. The first-order valence-electron chi connectivity index (χ1n) is 6.29. The molecule has 20 heavy (non-hydrogen) atoms. The maximum absolute atomic E-state index is 10.7. The Morgan fingerprint density at radius 1 is 1.25 bits per heavy atom. The average molecular weight is 291 g/mol. The van der Waals surface area contributed by atoms with E-state index >= 15 is 0 Å².